The van der Waals surface area contributed by atoms with Crippen molar-refractivity contribution >= 4 is 5.91 Å². The molecule has 0 unspecified atom stereocenters. The molecule has 2 heterocycles. The first-order valence-electron chi connectivity index (χ1n) is 7.99. The Morgan fingerprint density at radius 1 is 1.20 bits per heavy atom. The smallest absolute Gasteiger partial charge is 0.273 e. The molecular weight excluding hydrogens is 324 g/mol. The largest absolute Gasteiger partial charge is 0.387 e. The summed E-state index contributed by atoms with van der Waals surface area (Å²) in [6.07, 6.45) is 1.44. The fourth-order valence-corrected chi connectivity index (χ4v) is 2.82. The summed E-state index contributed by atoms with van der Waals surface area (Å²) in [4.78, 5) is 16.4. The SMILES string of the molecule is O=C(NC1CC(c2noc(CO)n2)C1)c1cc(-c2ccccc2)on1. The predicted octanol–water partition coefficient (Wildman–Crippen LogP) is 1.89. The van der Waals surface area contributed by atoms with E-state index in [0.29, 0.717) is 11.6 Å². The van der Waals surface area contributed by atoms with Gasteiger partial charge in [-0.15, -0.1) is 0 Å². The molecule has 128 valence electrons. The third-order valence-electron chi connectivity index (χ3n) is 4.26. The second-order valence-corrected chi connectivity index (χ2v) is 5.99. The Labute approximate surface area is 142 Å². The number of aliphatic hydroxyl groups excluding tert-OH is 1. The number of rotatable bonds is 5. The zero-order valence-corrected chi connectivity index (χ0v) is 13.3. The van der Waals surface area contributed by atoms with E-state index in [2.05, 4.69) is 20.6 Å². The van der Waals surface area contributed by atoms with Gasteiger partial charge in [-0.2, -0.15) is 4.98 Å². The van der Waals surface area contributed by atoms with Crippen LogP contribution in [0.15, 0.2) is 45.4 Å². The lowest BCUT2D eigenvalue weighted by atomic mass is 9.79. The van der Waals surface area contributed by atoms with Crippen molar-refractivity contribution in [1.82, 2.24) is 20.6 Å². The van der Waals surface area contributed by atoms with Crippen LogP contribution in [-0.4, -0.2) is 32.4 Å². The van der Waals surface area contributed by atoms with E-state index >= 15 is 0 Å². The summed E-state index contributed by atoms with van der Waals surface area (Å²) in [6, 6.07) is 11.2. The molecule has 0 radical (unpaired) electrons. The number of carbonyl (C=O) groups is 1. The molecule has 8 heteroatoms. The van der Waals surface area contributed by atoms with E-state index in [9.17, 15) is 4.79 Å². The third kappa shape index (κ3) is 3.16. The van der Waals surface area contributed by atoms with Gasteiger partial charge in [0.05, 0.1) is 0 Å². The predicted molar refractivity (Wildman–Crippen MR) is 85.4 cm³/mol. The van der Waals surface area contributed by atoms with Crippen molar-refractivity contribution in [3.63, 3.8) is 0 Å². The van der Waals surface area contributed by atoms with E-state index in [1.807, 2.05) is 30.3 Å². The molecule has 0 aliphatic heterocycles. The van der Waals surface area contributed by atoms with E-state index < -0.39 is 0 Å². The molecule has 8 nitrogen and oxygen atoms in total. The zero-order chi connectivity index (χ0) is 17.2. The van der Waals surface area contributed by atoms with E-state index in [4.69, 9.17) is 14.2 Å². The maximum Gasteiger partial charge on any atom is 0.273 e. The summed E-state index contributed by atoms with van der Waals surface area (Å²) in [7, 11) is 0. The average molecular weight is 340 g/mol. The Bertz CT molecular complexity index is 868. The van der Waals surface area contributed by atoms with Crippen molar-refractivity contribution in [2.75, 3.05) is 0 Å². The van der Waals surface area contributed by atoms with Gasteiger partial charge in [0.1, 0.15) is 6.61 Å². The van der Waals surface area contributed by atoms with Crippen LogP contribution >= 0.6 is 0 Å². The maximum absolute atomic E-state index is 12.3. The van der Waals surface area contributed by atoms with Crippen LogP contribution in [0.4, 0.5) is 0 Å². The van der Waals surface area contributed by atoms with Gasteiger partial charge in [0, 0.05) is 23.6 Å². The quantitative estimate of drug-likeness (QED) is 0.729. The number of aromatic nitrogens is 3. The summed E-state index contributed by atoms with van der Waals surface area (Å²) < 4.78 is 10.1. The molecule has 1 aliphatic carbocycles. The Morgan fingerprint density at radius 3 is 2.72 bits per heavy atom. The summed E-state index contributed by atoms with van der Waals surface area (Å²) in [5.41, 5.74) is 1.12. The molecule has 4 rings (SSSR count). The molecular formula is C17H16N4O4. The lowest BCUT2D eigenvalue weighted by molar-refractivity contribution is 0.0898. The second-order valence-electron chi connectivity index (χ2n) is 5.99. The molecule has 2 N–H and O–H groups in total. The van der Waals surface area contributed by atoms with E-state index in [0.717, 1.165) is 18.4 Å². The fourth-order valence-electron chi connectivity index (χ4n) is 2.82. The van der Waals surface area contributed by atoms with Crippen LogP contribution in [0.2, 0.25) is 0 Å². The van der Waals surface area contributed by atoms with Gasteiger partial charge < -0.3 is 19.5 Å². The molecule has 0 saturated heterocycles. The number of carbonyl (C=O) groups excluding carboxylic acids is 1. The molecule has 25 heavy (non-hydrogen) atoms. The Hall–Kier alpha value is -3.00. The Balaban J connectivity index is 1.34. The van der Waals surface area contributed by atoms with Gasteiger partial charge in [-0.3, -0.25) is 4.79 Å². The van der Waals surface area contributed by atoms with Gasteiger partial charge in [-0.05, 0) is 12.8 Å². The Morgan fingerprint density at radius 2 is 2.00 bits per heavy atom. The van der Waals surface area contributed by atoms with E-state index in [1.54, 1.807) is 6.07 Å². The minimum Gasteiger partial charge on any atom is -0.387 e. The number of amides is 1. The number of nitrogens with zero attached hydrogens (tertiary/aromatic N) is 3. The summed E-state index contributed by atoms with van der Waals surface area (Å²) in [5, 5.41) is 19.5. The van der Waals surface area contributed by atoms with Crippen LogP contribution in [0.5, 0.6) is 0 Å². The van der Waals surface area contributed by atoms with Crippen molar-refractivity contribution in [3.05, 3.63) is 53.8 Å². The first-order chi connectivity index (χ1) is 12.2. The zero-order valence-electron chi connectivity index (χ0n) is 13.3. The van der Waals surface area contributed by atoms with Gasteiger partial charge in [0.15, 0.2) is 17.3 Å². The van der Waals surface area contributed by atoms with Gasteiger partial charge in [-0.25, -0.2) is 0 Å². The van der Waals surface area contributed by atoms with Crippen LogP contribution in [0, 0.1) is 0 Å². The van der Waals surface area contributed by atoms with Gasteiger partial charge in [-0.1, -0.05) is 40.6 Å². The highest BCUT2D eigenvalue weighted by atomic mass is 16.5. The van der Waals surface area contributed by atoms with Crippen molar-refractivity contribution in [2.24, 2.45) is 0 Å². The first kappa shape index (κ1) is 15.5. The second kappa shape index (κ2) is 6.48. The van der Waals surface area contributed by atoms with Gasteiger partial charge >= 0.3 is 0 Å². The molecule has 1 fully saturated rings. The number of benzene rings is 1. The number of hydrogen-bond donors (Lipinski definition) is 2. The molecule has 1 amide bonds. The molecule has 1 saturated carbocycles. The topological polar surface area (TPSA) is 114 Å². The minimum atomic E-state index is -0.268. The number of hydrogen-bond acceptors (Lipinski definition) is 7. The first-order valence-corrected chi connectivity index (χ1v) is 7.99. The summed E-state index contributed by atoms with van der Waals surface area (Å²) in [6.45, 7) is -0.268. The highest BCUT2D eigenvalue weighted by Gasteiger charge is 2.35. The normalized spacial score (nSPS) is 19.4. The number of nitrogens with one attached hydrogen (secondary N) is 1. The molecule has 0 atom stereocenters. The van der Waals surface area contributed by atoms with Crippen molar-refractivity contribution in [2.45, 2.75) is 31.4 Å². The fraction of sp³-hybridized carbons (Fsp3) is 0.294. The van der Waals surface area contributed by atoms with Crippen molar-refractivity contribution < 1.29 is 18.9 Å². The van der Waals surface area contributed by atoms with Crippen LogP contribution in [-0.2, 0) is 6.61 Å². The Kier molecular flexibility index (Phi) is 4.02. The lowest BCUT2D eigenvalue weighted by Crippen LogP contribution is -2.43. The highest BCUT2D eigenvalue weighted by molar-refractivity contribution is 5.93. The third-order valence-corrected chi connectivity index (χ3v) is 4.26. The number of aliphatic hydroxyl groups is 1. The van der Waals surface area contributed by atoms with E-state index in [-0.39, 0.29) is 36.1 Å². The monoisotopic (exact) mass is 340 g/mol. The van der Waals surface area contributed by atoms with Crippen LogP contribution in [0.3, 0.4) is 0 Å². The standard InChI is InChI=1S/C17H16N4O4/c22-9-15-19-16(21-25-15)11-6-12(7-11)18-17(23)13-8-14(24-20-13)10-4-2-1-3-5-10/h1-5,8,11-12,22H,6-7,9H2,(H,18,23). The highest BCUT2D eigenvalue weighted by Crippen LogP contribution is 2.35. The summed E-state index contributed by atoms with van der Waals surface area (Å²) >= 11 is 0. The molecule has 0 bridgehead atoms. The minimum absolute atomic E-state index is 0.0328. The van der Waals surface area contributed by atoms with Gasteiger partial charge in [0.25, 0.3) is 11.8 Å². The molecule has 1 aliphatic rings. The van der Waals surface area contributed by atoms with Gasteiger partial charge in [0.2, 0.25) is 0 Å². The molecule has 0 spiro atoms. The lowest BCUT2D eigenvalue weighted by Gasteiger charge is -2.33. The molecule has 1 aromatic carbocycles. The summed E-state index contributed by atoms with van der Waals surface area (Å²) in [5.74, 6) is 1.20. The van der Waals surface area contributed by atoms with Crippen molar-refractivity contribution in [1.29, 1.82) is 0 Å². The van der Waals surface area contributed by atoms with Crippen molar-refractivity contribution in [3.8, 4) is 11.3 Å². The maximum atomic E-state index is 12.3. The van der Waals surface area contributed by atoms with E-state index in [1.165, 1.54) is 0 Å². The molecule has 3 aromatic rings. The van der Waals surface area contributed by atoms with Crippen LogP contribution < -0.4 is 5.32 Å². The van der Waals surface area contributed by atoms with Crippen LogP contribution in [0.25, 0.3) is 11.3 Å². The average Bonchev–Trinajstić information content (AvgIpc) is 3.27. The van der Waals surface area contributed by atoms with Crippen LogP contribution in [0.1, 0.15) is 41.0 Å². The molecule has 2 aromatic heterocycles.